The number of piperidine rings is 1. The molecule has 2 rings (SSSR count). The number of rotatable bonds is 6. The van der Waals surface area contributed by atoms with Crippen molar-refractivity contribution < 1.29 is 19.4 Å². The summed E-state index contributed by atoms with van der Waals surface area (Å²) in [5, 5.41) is 9.48. The number of hydrogen-bond donors (Lipinski definition) is 1. The molecule has 2 aliphatic heterocycles. The Morgan fingerprint density at radius 3 is 2.13 bits per heavy atom. The van der Waals surface area contributed by atoms with Gasteiger partial charge < -0.3 is 14.7 Å². The van der Waals surface area contributed by atoms with Crippen molar-refractivity contribution >= 4 is 11.9 Å². The quantitative estimate of drug-likeness (QED) is 0.614. The molecule has 0 aliphatic carbocycles. The van der Waals surface area contributed by atoms with Crippen molar-refractivity contribution in [3.05, 3.63) is 11.6 Å². The van der Waals surface area contributed by atoms with E-state index in [2.05, 4.69) is 38.7 Å². The van der Waals surface area contributed by atoms with Crippen molar-refractivity contribution in [1.29, 1.82) is 0 Å². The largest absolute Gasteiger partial charge is 0.481 e. The second kappa shape index (κ2) is 14.6. The number of nitrogens with zero attached hydrogens (tertiary/aromatic N) is 2. The fourth-order valence-electron chi connectivity index (χ4n) is 4.24. The van der Waals surface area contributed by atoms with Crippen LogP contribution in [0.3, 0.4) is 0 Å². The maximum atomic E-state index is 13.0. The van der Waals surface area contributed by atoms with Crippen LogP contribution in [0.15, 0.2) is 11.6 Å². The van der Waals surface area contributed by atoms with Crippen LogP contribution in [-0.2, 0) is 14.3 Å². The monoisotopic (exact) mass is 440 g/mol. The molecule has 0 spiro atoms. The van der Waals surface area contributed by atoms with Gasteiger partial charge >= 0.3 is 5.97 Å². The minimum absolute atomic E-state index is 0.0262. The summed E-state index contributed by atoms with van der Waals surface area (Å²) < 4.78 is 5.41. The van der Waals surface area contributed by atoms with Crippen LogP contribution in [0, 0.1) is 23.2 Å². The Labute approximate surface area is 191 Å². The van der Waals surface area contributed by atoms with Crippen molar-refractivity contribution in [2.45, 2.75) is 68.7 Å². The van der Waals surface area contributed by atoms with Crippen molar-refractivity contribution in [3.63, 3.8) is 0 Å². The van der Waals surface area contributed by atoms with Gasteiger partial charge in [-0.05, 0) is 30.6 Å². The topological polar surface area (TPSA) is 70.1 Å². The van der Waals surface area contributed by atoms with Crippen molar-refractivity contribution in [2.24, 2.45) is 23.2 Å². The van der Waals surface area contributed by atoms with E-state index in [1.54, 1.807) is 4.90 Å². The Bertz CT molecular complexity index is 566. The first kappa shape index (κ1) is 29.6. The van der Waals surface area contributed by atoms with E-state index in [1.807, 2.05) is 34.6 Å². The molecule has 0 saturated carbocycles. The second-order valence-corrected chi connectivity index (χ2v) is 9.19. The number of ether oxygens (including phenoxy) is 1. The standard InChI is InChI=1S/C21H36N2O4.2C2H6/c1-15(2)17-10-18(20(25)26)13-23(12-17)19(24)16(3)11-21(4,5)14-22-6-8-27-9-7-22;2*1-2/h11,15,17-18H,6-10,12-14H2,1-5H3,(H,25,26);2*1-2H3/b16-11+;;. The first-order chi connectivity index (χ1) is 14.6. The zero-order chi connectivity index (χ0) is 24.2. The molecule has 0 aromatic heterocycles. The van der Waals surface area contributed by atoms with Crippen LogP contribution in [0.5, 0.6) is 0 Å². The summed E-state index contributed by atoms with van der Waals surface area (Å²) in [5.41, 5.74) is 0.582. The van der Waals surface area contributed by atoms with Crippen LogP contribution in [0.4, 0.5) is 0 Å². The molecular formula is C25H48N2O4. The van der Waals surface area contributed by atoms with Crippen LogP contribution in [0.25, 0.3) is 0 Å². The zero-order valence-electron chi connectivity index (χ0n) is 21.5. The highest BCUT2D eigenvalue weighted by Crippen LogP contribution is 2.29. The zero-order valence-corrected chi connectivity index (χ0v) is 21.5. The maximum absolute atomic E-state index is 13.0. The Morgan fingerprint density at radius 2 is 1.65 bits per heavy atom. The van der Waals surface area contributed by atoms with Gasteiger partial charge in [-0.25, -0.2) is 0 Å². The van der Waals surface area contributed by atoms with E-state index in [1.165, 1.54) is 0 Å². The molecule has 2 unspecified atom stereocenters. The molecule has 182 valence electrons. The lowest BCUT2D eigenvalue weighted by atomic mass is 9.82. The normalized spacial score (nSPS) is 22.8. The van der Waals surface area contributed by atoms with Crippen LogP contribution in [-0.4, -0.2) is 72.7 Å². The lowest BCUT2D eigenvalue weighted by molar-refractivity contribution is -0.146. The molecule has 0 bridgehead atoms. The fourth-order valence-corrected chi connectivity index (χ4v) is 4.24. The number of carbonyl (C=O) groups excluding carboxylic acids is 1. The van der Waals surface area contributed by atoms with E-state index < -0.39 is 11.9 Å². The van der Waals surface area contributed by atoms with E-state index in [0.29, 0.717) is 31.0 Å². The molecule has 2 saturated heterocycles. The van der Waals surface area contributed by atoms with Gasteiger partial charge in [0.05, 0.1) is 19.1 Å². The van der Waals surface area contributed by atoms with Gasteiger partial charge in [-0.2, -0.15) is 0 Å². The molecule has 1 amide bonds. The number of carboxylic acid groups (broad SMARTS) is 1. The number of carboxylic acids is 1. The van der Waals surface area contributed by atoms with Gasteiger partial charge in [-0.15, -0.1) is 0 Å². The first-order valence-electron chi connectivity index (χ1n) is 12.1. The highest BCUT2D eigenvalue weighted by Gasteiger charge is 2.35. The van der Waals surface area contributed by atoms with Gasteiger partial charge in [-0.3, -0.25) is 14.5 Å². The van der Waals surface area contributed by atoms with Crippen LogP contribution >= 0.6 is 0 Å². The predicted molar refractivity (Wildman–Crippen MR) is 128 cm³/mol. The van der Waals surface area contributed by atoms with Gasteiger partial charge in [0.2, 0.25) is 5.91 Å². The molecule has 2 aliphatic rings. The molecule has 2 atom stereocenters. The minimum Gasteiger partial charge on any atom is -0.481 e. The third-order valence-electron chi connectivity index (χ3n) is 5.74. The molecule has 0 radical (unpaired) electrons. The Morgan fingerprint density at radius 1 is 1.10 bits per heavy atom. The molecular weight excluding hydrogens is 392 g/mol. The van der Waals surface area contributed by atoms with Crippen molar-refractivity contribution in [2.75, 3.05) is 45.9 Å². The molecule has 0 aromatic carbocycles. The number of amides is 1. The summed E-state index contributed by atoms with van der Waals surface area (Å²) in [6.07, 6.45) is 2.71. The number of hydrogen-bond acceptors (Lipinski definition) is 4. The molecule has 6 nitrogen and oxygen atoms in total. The average Bonchev–Trinajstić information content (AvgIpc) is 2.75. The SMILES string of the molecule is C/C(=C\C(C)(C)CN1CCOCC1)C(=O)N1CC(C(=O)O)CC(C(C)C)C1.CC.CC. The van der Waals surface area contributed by atoms with Gasteiger partial charge in [0.1, 0.15) is 0 Å². The van der Waals surface area contributed by atoms with E-state index in [-0.39, 0.29) is 17.2 Å². The van der Waals surface area contributed by atoms with E-state index in [4.69, 9.17) is 4.74 Å². The van der Waals surface area contributed by atoms with Crippen LogP contribution < -0.4 is 0 Å². The Balaban J connectivity index is 0.00000212. The summed E-state index contributed by atoms with van der Waals surface area (Å²) in [6, 6.07) is 0. The first-order valence-corrected chi connectivity index (χ1v) is 12.1. The van der Waals surface area contributed by atoms with E-state index in [9.17, 15) is 14.7 Å². The highest BCUT2D eigenvalue weighted by molar-refractivity contribution is 5.93. The summed E-state index contributed by atoms with van der Waals surface area (Å²) in [7, 11) is 0. The molecule has 2 heterocycles. The third kappa shape index (κ3) is 10.2. The fraction of sp³-hybridized carbons (Fsp3) is 0.840. The lowest BCUT2D eigenvalue weighted by Crippen LogP contribution is -2.48. The number of likely N-dealkylation sites (tertiary alicyclic amines) is 1. The molecule has 2 fully saturated rings. The number of morpholine rings is 1. The van der Waals surface area contributed by atoms with Gasteiger partial charge in [0.25, 0.3) is 0 Å². The number of aliphatic carboxylic acids is 1. The summed E-state index contributed by atoms with van der Waals surface area (Å²) >= 11 is 0. The Hall–Kier alpha value is -1.40. The smallest absolute Gasteiger partial charge is 0.308 e. The highest BCUT2D eigenvalue weighted by atomic mass is 16.5. The summed E-state index contributed by atoms with van der Waals surface area (Å²) in [4.78, 5) is 28.7. The Kier molecular flexibility index (Phi) is 14.0. The maximum Gasteiger partial charge on any atom is 0.308 e. The summed E-state index contributed by atoms with van der Waals surface area (Å²) in [5.74, 6) is -0.694. The third-order valence-corrected chi connectivity index (χ3v) is 5.74. The van der Waals surface area contributed by atoms with Crippen LogP contribution in [0.1, 0.15) is 68.7 Å². The van der Waals surface area contributed by atoms with Gasteiger partial charge in [0.15, 0.2) is 0 Å². The van der Waals surface area contributed by atoms with Gasteiger partial charge in [0, 0.05) is 38.3 Å². The summed E-state index contributed by atoms with van der Waals surface area (Å²) in [6.45, 7) is 23.6. The van der Waals surface area contributed by atoms with Crippen molar-refractivity contribution in [1.82, 2.24) is 9.80 Å². The van der Waals surface area contributed by atoms with E-state index in [0.717, 1.165) is 32.8 Å². The predicted octanol–water partition coefficient (Wildman–Crippen LogP) is 4.55. The molecule has 1 N–H and O–H groups in total. The van der Waals surface area contributed by atoms with Crippen LogP contribution in [0.2, 0.25) is 0 Å². The average molecular weight is 441 g/mol. The van der Waals surface area contributed by atoms with Gasteiger partial charge in [-0.1, -0.05) is 61.5 Å². The molecule has 6 heteroatoms. The minimum atomic E-state index is -0.799. The molecule has 31 heavy (non-hydrogen) atoms. The molecule has 0 aromatic rings. The number of carbonyl (C=O) groups is 2. The second-order valence-electron chi connectivity index (χ2n) is 9.19. The lowest BCUT2D eigenvalue weighted by Gasteiger charge is -2.38. The van der Waals surface area contributed by atoms with Crippen molar-refractivity contribution in [3.8, 4) is 0 Å². The van der Waals surface area contributed by atoms with E-state index >= 15 is 0 Å².